The van der Waals surface area contributed by atoms with Crippen LogP contribution in [0.3, 0.4) is 0 Å². The highest BCUT2D eigenvalue weighted by Gasteiger charge is 2.27. The van der Waals surface area contributed by atoms with E-state index in [1.807, 2.05) is 37.3 Å². The SMILES string of the molecule is CCC(=O)Nc1ccc(Sc2nc(N/C(N)=C/C(C)=N)cc(N3CCC(N4CCCC4)CC3)n2)cc1. The summed E-state index contributed by atoms with van der Waals surface area (Å²) in [5.74, 6) is 1.83. The van der Waals surface area contributed by atoms with Crippen LogP contribution in [0.1, 0.15) is 46.0 Å². The van der Waals surface area contributed by atoms with E-state index in [9.17, 15) is 4.79 Å². The van der Waals surface area contributed by atoms with Crippen LogP contribution in [0.2, 0.25) is 0 Å². The van der Waals surface area contributed by atoms with Gasteiger partial charge in [-0.2, -0.15) is 0 Å². The van der Waals surface area contributed by atoms with Crippen molar-refractivity contribution in [1.82, 2.24) is 14.9 Å². The maximum absolute atomic E-state index is 11.7. The van der Waals surface area contributed by atoms with E-state index in [-0.39, 0.29) is 5.91 Å². The molecule has 0 atom stereocenters. The molecule has 0 aliphatic carbocycles. The van der Waals surface area contributed by atoms with Crippen LogP contribution in [0.4, 0.5) is 17.3 Å². The van der Waals surface area contributed by atoms with Gasteiger partial charge < -0.3 is 31.6 Å². The molecule has 3 heterocycles. The first kappa shape index (κ1) is 26.0. The number of hydrogen-bond acceptors (Lipinski definition) is 9. The van der Waals surface area contributed by atoms with Crippen LogP contribution in [0.15, 0.2) is 52.3 Å². The molecule has 0 radical (unpaired) electrons. The Morgan fingerprint density at radius 3 is 2.47 bits per heavy atom. The highest BCUT2D eigenvalue weighted by molar-refractivity contribution is 7.99. The highest BCUT2D eigenvalue weighted by Crippen LogP contribution is 2.31. The van der Waals surface area contributed by atoms with Crippen molar-refractivity contribution in [2.75, 3.05) is 41.7 Å². The molecule has 4 rings (SSSR count). The van der Waals surface area contributed by atoms with Crippen LogP contribution in [-0.4, -0.2) is 58.7 Å². The second kappa shape index (κ2) is 12.2. The van der Waals surface area contributed by atoms with E-state index in [0.29, 0.717) is 35.0 Å². The molecule has 2 aliphatic heterocycles. The molecule has 1 aromatic carbocycles. The minimum Gasteiger partial charge on any atom is -0.385 e. The van der Waals surface area contributed by atoms with E-state index in [1.165, 1.54) is 37.7 Å². The summed E-state index contributed by atoms with van der Waals surface area (Å²) in [5, 5.41) is 14.3. The summed E-state index contributed by atoms with van der Waals surface area (Å²) in [6.07, 6.45) is 6.91. The molecule has 2 saturated heterocycles. The summed E-state index contributed by atoms with van der Waals surface area (Å²) in [5.41, 5.74) is 7.21. The summed E-state index contributed by atoms with van der Waals surface area (Å²) >= 11 is 1.46. The average molecular weight is 509 g/mol. The van der Waals surface area contributed by atoms with E-state index in [4.69, 9.17) is 16.1 Å². The third kappa shape index (κ3) is 7.20. The van der Waals surface area contributed by atoms with Gasteiger partial charge in [0.25, 0.3) is 0 Å². The van der Waals surface area contributed by atoms with Crippen molar-refractivity contribution in [1.29, 1.82) is 5.41 Å². The van der Waals surface area contributed by atoms with Crippen molar-refractivity contribution in [3.05, 3.63) is 42.2 Å². The monoisotopic (exact) mass is 508 g/mol. The Morgan fingerprint density at radius 2 is 1.83 bits per heavy atom. The molecule has 2 fully saturated rings. The average Bonchev–Trinajstić information content (AvgIpc) is 3.40. The number of carbonyl (C=O) groups excluding carboxylic acids is 1. The van der Waals surface area contributed by atoms with Crippen molar-refractivity contribution in [3.63, 3.8) is 0 Å². The van der Waals surface area contributed by atoms with Crippen molar-refractivity contribution in [2.24, 2.45) is 5.73 Å². The lowest BCUT2D eigenvalue weighted by molar-refractivity contribution is -0.115. The first-order valence-electron chi connectivity index (χ1n) is 12.6. The third-order valence-corrected chi connectivity index (χ3v) is 7.32. The minimum absolute atomic E-state index is 0.0125. The molecule has 2 aliphatic rings. The van der Waals surface area contributed by atoms with Crippen molar-refractivity contribution in [3.8, 4) is 0 Å². The maximum atomic E-state index is 11.7. The molecule has 192 valence electrons. The molecule has 0 unspecified atom stereocenters. The number of rotatable bonds is 9. The Labute approximate surface area is 217 Å². The number of amides is 1. The zero-order valence-corrected chi connectivity index (χ0v) is 21.9. The Kier molecular flexibility index (Phi) is 8.82. The standard InChI is InChI=1S/C26H36N8OS/c1-3-25(35)29-19-6-8-21(9-7-19)36-26-31-23(30-22(28)16-18(2)27)17-24(32-26)34-14-10-20(11-15-34)33-12-4-5-13-33/h6-9,16-17,20,27H,3-5,10-15,28H2,1-2H3,(H,29,35)(H,30,31,32)/b22-16+,27-18?. The summed E-state index contributed by atoms with van der Waals surface area (Å²) in [6, 6.07) is 10.3. The summed E-state index contributed by atoms with van der Waals surface area (Å²) in [7, 11) is 0. The predicted molar refractivity (Wildman–Crippen MR) is 147 cm³/mol. The van der Waals surface area contributed by atoms with Gasteiger partial charge in [-0.25, -0.2) is 9.97 Å². The lowest BCUT2D eigenvalue weighted by atomic mass is 10.0. The number of aromatic nitrogens is 2. The van der Waals surface area contributed by atoms with Crippen molar-refractivity contribution >= 4 is 40.7 Å². The van der Waals surface area contributed by atoms with E-state index >= 15 is 0 Å². The first-order valence-corrected chi connectivity index (χ1v) is 13.5. The fourth-order valence-corrected chi connectivity index (χ4v) is 5.40. The van der Waals surface area contributed by atoms with Gasteiger partial charge in [-0.3, -0.25) is 4.79 Å². The molecular weight excluding hydrogens is 472 g/mol. The molecule has 0 bridgehead atoms. The van der Waals surface area contributed by atoms with Gasteiger partial charge in [0, 0.05) is 47.9 Å². The number of benzene rings is 1. The summed E-state index contributed by atoms with van der Waals surface area (Å²) < 4.78 is 0. The third-order valence-electron chi connectivity index (χ3n) is 6.45. The number of anilines is 3. The maximum Gasteiger partial charge on any atom is 0.224 e. The number of piperidine rings is 1. The number of nitrogens with one attached hydrogen (secondary N) is 3. The zero-order valence-electron chi connectivity index (χ0n) is 21.1. The second-order valence-corrected chi connectivity index (χ2v) is 10.3. The largest absolute Gasteiger partial charge is 0.385 e. The molecule has 9 nitrogen and oxygen atoms in total. The molecule has 0 saturated carbocycles. The van der Waals surface area contributed by atoms with Gasteiger partial charge in [-0.15, -0.1) is 0 Å². The molecule has 1 amide bonds. The van der Waals surface area contributed by atoms with Gasteiger partial charge in [0.1, 0.15) is 17.5 Å². The lowest BCUT2D eigenvalue weighted by Crippen LogP contribution is -2.44. The molecule has 1 aromatic heterocycles. The van der Waals surface area contributed by atoms with Gasteiger partial charge in [0.05, 0.1) is 0 Å². The Balaban J connectivity index is 1.51. The van der Waals surface area contributed by atoms with Gasteiger partial charge in [0.2, 0.25) is 5.91 Å². The zero-order chi connectivity index (χ0) is 25.5. The lowest BCUT2D eigenvalue weighted by Gasteiger charge is -2.37. The Bertz CT molecular complexity index is 1090. The normalized spacial score (nSPS) is 17.3. The van der Waals surface area contributed by atoms with Crippen LogP contribution in [0.5, 0.6) is 0 Å². The quantitative estimate of drug-likeness (QED) is 0.292. The van der Waals surface area contributed by atoms with Gasteiger partial charge in [0.15, 0.2) is 5.16 Å². The number of hydrogen-bond donors (Lipinski definition) is 4. The molecule has 5 N–H and O–H groups in total. The van der Waals surface area contributed by atoms with E-state index < -0.39 is 0 Å². The van der Waals surface area contributed by atoms with Crippen molar-refractivity contribution < 1.29 is 4.79 Å². The topological polar surface area (TPSA) is 123 Å². The summed E-state index contributed by atoms with van der Waals surface area (Å²) in [4.78, 5) is 27.2. The van der Waals surface area contributed by atoms with E-state index in [2.05, 4.69) is 25.4 Å². The smallest absolute Gasteiger partial charge is 0.224 e. The number of likely N-dealkylation sites (tertiary alicyclic amines) is 1. The Morgan fingerprint density at radius 1 is 1.14 bits per heavy atom. The number of carbonyl (C=O) groups is 1. The summed E-state index contributed by atoms with van der Waals surface area (Å²) in [6.45, 7) is 7.88. The molecule has 2 aromatic rings. The second-order valence-electron chi connectivity index (χ2n) is 9.29. The first-order chi connectivity index (χ1) is 17.4. The van der Waals surface area contributed by atoms with Crippen LogP contribution in [0, 0.1) is 5.41 Å². The van der Waals surface area contributed by atoms with E-state index in [1.54, 1.807) is 13.0 Å². The number of nitrogens with zero attached hydrogens (tertiary/aromatic N) is 4. The van der Waals surface area contributed by atoms with Crippen LogP contribution in [-0.2, 0) is 4.79 Å². The fourth-order valence-electron chi connectivity index (χ4n) is 4.63. The van der Waals surface area contributed by atoms with Crippen LogP contribution >= 0.6 is 11.8 Å². The molecular formula is C26H36N8OS. The molecule has 36 heavy (non-hydrogen) atoms. The van der Waals surface area contributed by atoms with Crippen molar-refractivity contribution in [2.45, 2.75) is 62.0 Å². The van der Waals surface area contributed by atoms with E-state index in [0.717, 1.165) is 42.3 Å². The molecule has 10 heteroatoms. The number of nitrogens with two attached hydrogens (primary N) is 1. The number of allylic oxidation sites excluding steroid dienone is 1. The molecule has 0 spiro atoms. The fraction of sp³-hybridized carbons (Fsp3) is 0.462. The van der Waals surface area contributed by atoms with Gasteiger partial charge >= 0.3 is 0 Å². The van der Waals surface area contributed by atoms with Gasteiger partial charge in [-0.1, -0.05) is 6.92 Å². The van der Waals surface area contributed by atoms with Crippen LogP contribution in [0.25, 0.3) is 0 Å². The predicted octanol–water partition coefficient (Wildman–Crippen LogP) is 4.29. The minimum atomic E-state index is -0.0125. The van der Waals surface area contributed by atoms with Crippen LogP contribution < -0.4 is 21.3 Å². The highest BCUT2D eigenvalue weighted by atomic mass is 32.2. The van der Waals surface area contributed by atoms with Gasteiger partial charge in [-0.05, 0) is 87.8 Å². The Hall–Kier alpha value is -3.11.